The first kappa shape index (κ1) is 18.2. The summed E-state index contributed by atoms with van der Waals surface area (Å²) in [5, 5.41) is 2.92. The molecule has 1 heterocycles. The second-order valence-corrected chi connectivity index (χ2v) is 6.45. The van der Waals surface area contributed by atoms with E-state index in [1.807, 2.05) is 6.07 Å². The van der Waals surface area contributed by atoms with Gasteiger partial charge in [-0.05, 0) is 37.3 Å². The number of hydrogen-bond acceptors (Lipinski definition) is 2. The molecule has 5 nitrogen and oxygen atoms in total. The number of hydrogen-bond donors (Lipinski definition) is 1. The van der Waals surface area contributed by atoms with Crippen molar-refractivity contribution in [1.82, 2.24) is 15.1 Å². The third-order valence-corrected chi connectivity index (χ3v) is 4.33. The average Bonchev–Trinajstić information content (AvgIpc) is 2.59. The highest BCUT2D eigenvalue weighted by Gasteiger charge is 2.28. The highest BCUT2D eigenvalue weighted by atomic mass is 19.1. The molecule has 0 bridgehead atoms. The van der Waals surface area contributed by atoms with Gasteiger partial charge in [-0.3, -0.25) is 4.79 Å². The molecule has 3 amide bonds. The standard InChI is InChI=1S/C18H26FN3O2/c1-21(2)18(24)22-12-6-9-15(13-22)17(23)20-11-5-8-14-7-3-4-10-16(14)19/h3-4,7,10,15H,5-6,8-9,11-13H2,1-2H3,(H,20,23)/t15-/m0/s1. The zero-order chi connectivity index (χ0) is 17.5. The number of piperidine rings is 1. The molecule has 0 aromatic heterocycles. The summed E-state index contributed by atoms with van der Waals surface area (Å²) in [6.07, 6.45) is 2.94. The quantitative estimate of drug-likeness (QED) is 0.839. The van der Waals surface area contributed by atoms with Gasteiger partial charge in [0.15, 0.2) is 0 Å². The first-order valence-corrected chi connectivity index (χ1v) is 8.46. The summed E-state index contributed by atoms with van der Waals surface area (Å²) in [7, 11) is 3.43. The Bertz CT molecular complexity index is 577. The molecular formula is C18H26FN3O2. The van der Waals surface area contributed by atoms with E-state index in [-0.39, 0.29) is 23.7 Å². The molecule has 0 spiro atoms. The van der Waals surface area contributed by atoms with Crippen LogP contribution in [0.2, 0.25) is 0 Å². The summed E-state index contributed by atoms with van der Waals surface area (Å²) in [5.74, 6) is -0.371. The normalized spacial score (nSPS) is 17.5. The Morgan fingerprint density at radius 3 is 2.79 bits per heavy atom. The van der Waals surface area contributed by atoms with E-state index in [1.54, 1.807) is 31.1 Å². The van der Waals surface area contributed by atoms with Gasteiger partial charge >= 0.3 is 6.03 Å². The number of nitrogens with zero attached hydrogens (tertiary/aromatic N) is 2. The van der Waals surface area contributed by atoms with E-state index in [2.05, 4.69) is 5.32 Å². The van der Waals surface area contributed by atoms with Crippen LogP contribution < -0.4 is 5.32 Å². The highest BCUT2D eigenvalue weighted by molar-refractivity contribution is 5.80. The predicted octanol–water partition coefficient (Wildman–Crippen LogP) is 2.27. The molecule has 0 unspecified atom stereocenters. The molecule has 0 saturated carbocycles. The fraction of sp³-hybridized carbons (Fsp3) is 0.556. The topological polar surface area (TPSA) is 52.7 Å². The molecule has 0 radical (unpaired) electrons. The molecule has 1 aromatic rings. The number of aryl methyl sites for hydroxylation is 1. The lowest BCUT2D eigenvalue weighted by Crippen LogP contribution is -2.48. The van der Waals surface area contributed by atoms with Crippen LogP contribution in [0, 0.1) is 11.7 Å². The number of benzene rings is 1. The van der Waals surface area contributed by atoms with E-state index in [1.165, 1.54) is 11.0 Å². The summed E-state index contributed by atoms with van der Waals surface area (Å²) >= 11 is 0. The highest BCUT2D eigenvalue weighted by Crippen LogP contribution is 2.17. The molecule has 1 fully saturated rings. The molecule has 24 heavy (non-hydrogen) atoms. The maximum atomic E-state index is 13.5. The van der Waals surface area contributed by atoms with Crippen LogP contribution in [0.3, 0.4) is 0 Å². The summed E-state index contributed by atoms with van der Waals surface area (Å²) in [5.41, 5.74) is 0.673. The second-order valence-electron chi connectivity index (χ2n) is 6.45. The summed E-state index contributed by atoms with van der Waals surface area (Å²) in [6, 6.07) is 6.65. The lowest BCUT2D eigenvalue weighted by atomic mass is 9.97. The van der Waals surface area contributed by atoms with Crippen molar-refractivity contribution < 1.29 is 14.0 Å². The first-order chi connectivity index (χ1) is 11.5. The number of likely N-dealkylation sites (tertiary alicyclic amines) is 1. The Hall–Kier alpha value is -2.11. The Morgan fingerprint density at radius 2 is 2.08 bits per heavy atom. The van der Waals surface area contributed by atoms with Crippen molar-refractivity contribution in [3.8, 4) is 0 Å². The van der Waals surface area contributed by atoms with Crippen LogP contribution in [0.15, 0.2) is 24.3 Å². The van der Waals surface area contributed by atoms with E-state index < -0.39 is 0 Å². The maximum absolute atomic E-state index is 13.5. The zero-order valence-electron chi connectivity index (χ0n) is 14.4. The molecule has 6 heteroatoms. The molecule has 0 aliphatic carbocycles. The molecule has 1 atom stereocenters. The van der Waals surface area contributed by atoms with Crippen molar-refractivity contribution in [1.29, 1.82) is 0 Å². The van der Waals surface area contributed by atoms with Crippen molar-refractivity contribution in [2.75, 3.05) is 33.7 Å². The van der Waals surface area contributed by atoms with Crippen molar-refractivity contribution in [3.05, 3.63) is 35.6 Å². The Kier molecular flexibility index (Phi) is 6.58. The predicted molar refractivity (Wildman–Crippen MR) is 91.1 cm³/mol. The number of urea groups is 1. The van der Waals surface area contributed by atoms with Gasteiger partial charge in [-0.15, -0.1) is 0 Å². The number of nitrogens with one attached hydrogen (secondary N) is 1. The summed E-state index contributed by atoms with van der Waals surface area (Å²) in [6.45, 7) is 1.69. The van der Waals surface area contributed by atoms with Crippen molar-refractivity contribution in [2.45, 2.75) is 25.7 Å². The van der Waals surface area contributed by atoms with Crippen LogP contribution in [0.25, 0.3) is 0 Å². The molecule has 1 saturated heterocycles. The van der Waals surface area contributed by atoms with Gasteiger partial charge < -0.3 is 15.1 Å². The zero-order valence-corrected chi connectivity index (χ0v) is 14.4. The number of rotatable bonds is 5. The largest absolute Gasteiger partial charge is 0.356 e. The minimum absolute atomic E-state index is 0.0141. The summed E-state index contributed by atoms with van der Waals surface area (Å²) in [4.78, 5) is 27.5. The van der Waals surface area contributed by atoms with Gasteiger partial charge in [0, 0.05) is 33.7 Å². The van der Waals surface area contributed by atoms with Gasteiger partial charge in [-0.25, -0.2) is 9.18 Å². The average molecular weight is 335 g/mol. The minimum Gasteiger partial charge on any atom is -0.356 e. The fourth-order valence-corrected chi connectivity index (χ4v) is 2.98. The Balaban J connectivity index is 1.74. The van der Waals surface area contributed by atoms with E-state index >= 15 is 0 Å². The van der Waals surface area contributed by atoms with Crippen LogP contribution >= 0.6 is 0 Å². The van der Waals surface area contributed by atoms with Crippen LogP contribution in [-0.4, -0.2) is 55.5 Å². The third-order valence-electron chi connectivity index (χ3n) is 4.33. The van der Waals surface area contributed by atoms with Gasteiger partial charge in [0.1, 0.15) is 5.82 Å². The van der Waals surface area contributed by atoms with E-state index in [9.17, 15) is 14.0 Å². The summed E-state index contributed by atoms with van der Waals surface area (Å²) < 4.78 is 13.5. The Labute approximate surface area is 142 Å². The molecule has 132 valence electrons. The molecule has 2 rings (SSSR count). The van der Waals surface area contributed by atoms with Gasteiger partial charge in [-0.2, -0.15) is 0 Å². The smallest absolute Gasteiger partial charge is 0.319 e. The number of amides is 3. The van der Waals surface area contributed by atoms with Crippen LogP contribution in [0.1, 0.15) is 24.8 Å². The molecular weight excluding hydrogens is 309 g/mol. The monoisotopic (exact) mass is 335 g/mol. The third kappa shape index (κ3) is 4.94. The van der Waals surface area contributed by atoms with Crippen molar-refractivity contribution in [2.24, 2.45) is 5.92 Å². The lowest BCUT2D eigenvalue weighted by Gasteiger charge is -2.33. The minimum atomic E-state index is -0.200. The first-order valence-electron chi connectivity index (χ1n) is 8.46. The van der Waals surface area contributed by atoms with Crippen molar-refractivity contribution in [3.63, 3.8) is 0 Å². The molecule has 1 N–H and O–H groups in total. The van der Waals surface area contributed by atoms with Gasteiger partial charge in [-0.1, -0.05) is 18.2 Å². The van der Waals surface area contributed by atoms with Crippen molar-refractivity contribution >= 4 is 11.9 Å². The molecule has 1 aliphatic heterocycles. The molecule has 1 aliphatic rings. The van der Waals surface area contributed by atoms with Gasteiger partial charge in [0.25, 0.3) is 0 Å². The van der Waals surface area contributed by atoms with E-state index in [0.29, 0.717) is 38.0 Å². The number of carbonyl (C=O) groups excluding carboxylic acids is 2. The Morgan fingerprint density at radius 1 is 1.33 bits per heavy atom. The van der Waals surface area contributed by atoms with Gasteiger partial charge in [0.2, 0.25) is 5.91 Å². The fourth-order valence-electron chi connectivity index (χ4n) is 2.98. The van der Waals surface area contributed by atoms with E-state index in [4.69, 9.17) is 0 Å². The van der Waals surface area contributed by atoms with Crippen LogP contribution in [0.4, 0.5) is 9.18 Å². The lowest BCUT2D eigenvalue weighted by molar-refractivity contribution is -0.126. The van der Waals surface area contributed by atoms with Crippen LogP contribution in [-0.2, 0) is 11.2 Å². The SMILES string of the molecule is CN(C)C(=O)N1CCC[C@H](C(=O)NCCCc2ccccc2F)C1. The van der Waals surface area contributed by atoms with Gasteiger partial charge in [0.05, 0.1) is 5.92 Å². The second kappa shape index (κ2) is 8.66. The maximum Gasteiger partial charge on any atom is 0.319 e. The number of carbonyl (C=O) groups is 2. The molecule has 1 aromatic carbocycles. The van der Waals surface area contributed by atoms with Crippen LogP contribution in [0.5, 0.6) is 0 Å². The van der Waals surface area contributed by atoms with E-state index in [0.717, 1.165) is 12.8 Å². The number of halogens is 1.